The van der Waals surface area contributed by atoms with Crippen LogP contribution in [0.3, 0.4) is 0 Å². The van der Waals surface area contributed by atoms with E-state index >= 15 is 0 Å². The summed E-state index contributed by atoms with van der Waals surface area (Å²) in [7, 11) is 0. The van der Waals surface area contributed by atoms with Gasteiger partial charge >= 0.3 is 0 Å². The SMILES string of the molecule is c1ccc(-c2ccc3c(c2)c2cc(-c4ccccc4)ccc2n3-c2c(-c3ccccc3)cc(-c3nc(-c4ccccc4)nc(-c4ccc5c(c4)oc4cnccc45)n3)cc2-c2ccccc2)cc1. The summed E-state index contributed by atoms with van der Waals surface area (Å²) in [5.41, 5.74) is 16.3. The van der Waals surface area contributed by atoms with Crippen LogP contribution in [0.1, 0.15) is 0 Å². The van der Waals surface area contributed by atoms with Crippen LogP contribution in [0.5, 0.6) is 0 Å². The van der Waals surface area contributed by atoms with E-state index < -0.39 is 0 Å². The van der Waals surface area contributed by atoms with E-state index in [0.29, 0.717) is 17.5 Å². The first-order valence-electron chi connectivity index (χ1n) is 22.8. The van der Waals surface area contributed by atoms with Crippen molar-refractivity contribution in [3.63, 3.8) is 0 Å². The molecule has 318 valence electrons. The predicted octanol–water partition coefficient (Wildman–Crippen LogP) is 15.9. The minimum absolute atomic E-state index is 0.548. The minimum atomic E-state index is 0.548. The second kappa shape index (κ2) is 16.3. The Balaban J connectivity index is 1.10. The molecule has 4 aromatic heterocycles. The maximum absolute atomic E-state index is 6.31. The zero-order valence-corrected chi connectivity index (χ0v) is 36.7. The number of pyridine rings is 1. The number of benzene rings is 9. The Hall–Kier alpha value is -9.26. The first-order valence-corrected chi connectivity index (χ1v) is 22.8. The lowest BCUT2D eigenvalue weighted by Gasteiger charge is -2.21. The van der Waals surface area contributed by atoms with Crippen LogP contribution in [0.4, 0.5) is 0 Å². The third-order valence-corrected chi connectivity index (χ3v) is 12.9. The summed E-state index contributed by atoms with van der Waals surface area (Å²) in [6.45, 7) is 0. The molecule has 13 rings (SSSR count). The Labute approximate surface area is 392 Å². The molecule has 4 heterocycles. The van der Waals surface area contributed by atoms with Crippen LogP contribution >= 0.6 is 0 Å². The molecule has 0 unspecified atom stereocenters. The van der Waals surface area contributed by atoms with E-state index in [1.807, 2.05) is 42.5 Å². The second-order valence-corrected chi connectivity index (χ2v) is 17.0. The Kier molecular flexibility index (Phi) is 9.39. The molecule has 6 heteroatoms. The molecule has 68 heavy (non-hydrogen) atoms. The molecule has 0 saturated carbocycles. The van der Waals surface area contributed by atoms with E-state index in [-0.39, 0.29) is 0 Å². The molecular weight excluding hydrogens is 831 g/mol. The van der Waals surface area contributed by atoms with Crippen LogP contribution in [0.2, 0.25) is 0 Å². The summed E-state index contributed by atoms with van der Waals surface area (Å²) in [4.78, 5) is 20.0. The van der Waals surface area contributed by atoms with Crippen molar-refractivity contribution in [2.45, 2.75) is 0 Å². The normalized spacial score (nSPS) is 11.5. The van der Waals surface area contributed by atoms with Crippen molar-refractivity contribution in [2.75, 3.05) is 0 Å². The number of nitrogens with zero attached hydrogens (tertiary/aromatic N) is 5. The van der Waals surface area contributed by atoms with Crippen LogP contribution in [0.25, 0.3) is 128 Å². The van der Waals surface area contributed by atoms with Crippen LogP contribution in [0, 0.1) is 0 Å². The summed E-state index contributed by atoms with van der Waals surface area (Å²) < 4.78 is 8.77. The third-order valence-electron chi connectivity index (χ3n) is 12.9. The monoisotopic (exact) mass is 869 g/mol. The summed E-state index contributed by atoms with van der Waals surface area (Å²) in [5, 5.41) is 4.38. The fourth-order valence-electron chi connectivity index (χ4n) is 9.69. The van der Waals surface area contributed by atoms with E-state index in [0.717, 1.165) is 77.6 Å². The lowest BCUT2D eigenvalue weighted by molar-refractivity contribution is 0.667. The second-order valence-electron chi connectivity index (χ2n) is 17.0. The van der Waals surface area contributed by atoms with Crippen molar-refractivity contribution >= 4 is 43.7 Å². The van der Waals surface area contributed by atoms with Gasteiger partial charge in [0.25, 0.3) is 0 Å². The van der Waals surface area contributed by atoms with Crippen LogP contribution in [-0.4, -0.2) is 24.5 Å². The quantitative estimate of drug-likeness (QED) is 0.152. The average molecular weight is 870 g/mol. The molecule has 0 atom stereocenters. The van der Waals surface area contributed by atoms with Gasteiger partial charge in [0.15, 0.2) is 23.1 Å². The van der Waals surface area contributed by atoms with Gasteiger partial charge in [0.05, 0.1) is 22.9 Å². The summed E-state index contributed by atoms with van der Waals surface area (Å²) in [5.74, 6) is 1.69. The van der Waals surface area contributed by atoms with Crippen molar-refractivity contribution in [3.8, 4) is 84.4 Å². The minimum Gasteiger partial charge on any atom is -0.454 e. The van der Waals surface area contributed by atoms with Crippen LogP contribution in [0.15, 0.2) is 241 Å². The van der Waals surface area contributed by atoms with E-state index in [2.05, 4.69) is 192 Å². The van der Waals surface area contributed by atoms with Gasteiger partial charge in [-0.3, -0.25) is 4.98 Å². The van der Waals surface area contributed by atoms with Crippen molar-refractivity contribution in [3.05, 3.63) is 237 Å². The van der Waals surface area contributed by atoms with Gasteiger partial charge in [0, 0.05) is 55.6 Å². The first kappa shape index (κ1) is 39.1. The smallest absolute Gasteiger partial charge is 0.164 e. The molecular formula is C62H39N5O. The highest BCUT2D eigenvalue weighted by Gasteiger charge is 2.24. The highest BCUT2D eigenvalue weighted by Crippen LogP contribution is 2.45. The maximum Gasteiger partial charge on any atom is 0.164 e. The maximum atomic E-state index is 6.31. The van der Waals surface area contributed by atoms with E-state index in [9.17, 15) is 0 Å². The van der Waals surface area contributed by atoms with Gasteiger partial charge in [-0.1, -0.05) is 170 Å². The van der Waals surface area contributed by atoms with Gasteiger partial charge < -0.3 is 8.98 Å². The topological polar surface area (TPSA) is 69.6 Å². The highest BCUT2D eigenvalue weighted by molar-refractivity contribution is 6.13. The lowest BCUT2D eigenvalue weighted by Crippen LogP contribution is -2.04. The number of hydrogen-bond donors (Lipinski definition) is 0. The summed E-state index contributed by atoms with van der Waals surface area (Å²) >= 11 is 0. The molecule has 0 aliphatic carbocycles. The summed E-state index contributed by atoms with van der Waals surface area (Å²) in [6.07, 6.45) is 3.55. The lowest BCUT2D eigenvalue weighted by atomic mass is 9.92. The Morgan fingerprint density at radius 3 is 1.28 bits per heavy atom. The number of fused-ring (bicyclic) bond motifs is 6. The van der Waals surface area contributed by atoms with Gasteiger partial charge in [0.1, 0.15) is 5.58 Å². The number of rotatable bonds is 8. The molecule has 13 aromatic rings. The molecule has 0 fully saturated rings. The first-order chi connectivity index (χ1) is 33.7. The Morgan fingerprint density at radius 1 is 0.309 bits per heavy atom. The van der Waals surface area contributed by atoms with Gasteiger partial charge in [-0.05, 0) is 88.0 Å². The fraction of sp³-hybridized carbons (Fsp3) is 0. The average Bonchev–Trinajstić information content (AvgIpc) is 3.96. The molecule has 0 spiro atoms. The zero-order chi connectivity index (χ0) is 45.0. The zero-order valence-electron chi connectivity index (χ0n) is 36.7. The third kappa shape index (κ3) is 6.82. The van der Waals surface area contributed by atoms with E-state index in [4.69, 9.17) is 19.4 Å². The molecule has 0 aliphatic heterocycles. The van der Waals surface area contributed by atoms with Crippen LogP contribution < -0.4 is 0 Å². The van der Waals surface area contributed by atoms with Crippen molar-refractivity contribution < 1.29 is 4.42 Å². The van der Waals surface area contributed by atoms with Gasteiger partial charge in [-0.15, -0.1) is 0 Å². The van der Waals surface area contributed by atoms with Crippen molar-refractivity contribution in [1.82, 2.24) is 24.5 Å². The van der Waals surface area contributed by atoms with Crippen molar-refractivity contribution in [2.24, 2.45) is 0 Å². The molecule has 9 aromatic carbocycles. The predicted molar refractivity (Wildman–Crippen MR) is 277 cm³/mol. The molecule has 0 amide bonds. The Bertz CT molecular complexity index is 3840. The summed E-state index contributed by atoms with van der Waals surface area (Å²) in [6, 6.07) is 79.2. The number of furan rings is 1. The van der Waals surface area contributed by atoms with Crippen LogP contribution in [-0.2, 0) is 0 Å². The highest BCUT2D eigenvalue weighted by atomic mass is 16.3. The van der Waals surface area contributed by atoms with E-state index in [1.54, 1.807) is 12.4 Å². The fourth-order valence-corrected chi connectivity index (χ4v) is 9.69. The molecule has 0 aliphatic rings. The molecule has 0 radical (unpaired) electrons. The van der Waals surface area contributed by atoms with Gasteiger partial charge in [0.2, 0.25) is 0 Å². The van der Waals surface area contributed by atoms with E-state index in [1.165, 1.54) is 33.0 Å². The Morgan fingerprint density at radius 2 is 0.750 bits per heavy atom. The number of hydrogen-bond acceptors (Lipinski definition) is 5. The van der Waals surface area contributed by atoms with Gasteiger partial charge in [-0.25, -0.2) is 15.0 Å². The largest absolute Gasteiger partial charge is 0.454 e. The molecule has 6 nitrogen and oxygen atoms in total. The molecule has 0 bridgehead atoms. The van der Waals surface area contributed by atoms with Gasteiger partial charge in [-0.2, -0.15) is 0 Å². The molecule has 0 saturated heterocycles. The standard InChI is InChI=1S/C62H39N5O/c1-6-16-40(17-7-1)45-27-30-55-53(34-45)54-35-46(41-18-8-2-9-19-41)28-31-56(54)67(55)59-51(42-20-10-3-11-21-42)36-48(37-52(59)43-22-12-4-13-23-43)62-65-60(44-24-14-5-15-25-44)64-61(66-62)47-26-29-49-50-32-33-63-39-58(50)68-57(49)38-47/h1-39H. The van der Waals surface area contributed by atoms with Crippen molar-refractivity contribution in [1.29, 1.82) is 0 Å². The molecule has 0 N–H and O–H groups in total. The number of aromatic nitrogens is 5.